The van der Waals surface area contributed by atoms with Crippen LogP contribution in [-0.2, 0) is 14.3 Å². The van der Waals surface area contributed by atoms with E-state index in [1.54, 1.807) is 7.05 Å². The molecule has 8 heteroatoms. The summed E-state index contributed by atoms with van der Waals surface area (Å²) in [5.74, 6) is 0.702. The molecule has 1 aromatic carbocycles. The zero-order valence-electron chi connectivity index (χ0n) is 16.9. The van der Waals surface area contributed by atoms with E-state index in [-0.39, 0.29) is 47.9 Å². The molecule has 29 heavy (non-hydrogen) atoms. The van der Waals surface area contributed by atoms with Gasteiger partial charge in [-0.1, -0.05) is 18.2 Å². The Balaban J connectivity index is 0.00000300. The first-order valence-electron chi connectivity index (χ1n) is 10.2. The minimum absolute atomic E-state index is 0. The zero-order chi connectivity index (χ0) is 19.8. The van der Waals surface area contributed by atoms with Gasteiger partial charge in [0.25, 0.3) is 0 Å². The van der Waals surface area contributed by atoms with Gasteiger partial charge >= 0.3 is 5.97 Å². The molecule has 0 bridgehead atoms. The molecule has 160 valence electrons. The number of esters is 1. The number of aliphatic imine (C=N–C) groups is 1. The second kappa shape index (κ2) is 12.0. The molecule has 0 saturated heterocycles. The average molecular weight is 514 g/mol. The Kier molecular flexibility index (Phi) is 9.69. The third-order valence-corrected chi connectivity index (χ3v) is 5.30. The van der Waals surface area contributed by atoms with Crippen molar-refractivity contribution in [1.82, 2.24) is 10.6 Å². The lowest BCUT2D eigenvalue weighted by atomic mass is 9.90. The van der Waals surface area contributed by atoms with E-state index in [0.29, 0.717) is 38.3 Å². The highest BCUT2D eigenvalue weighted by molar-refractivity contribution is 14.0. The van der Waals surface area contributed by atoms with Crippen LogP contribution in [0, 0.1) is 0 Å². The number of amides is 1. The van der Waals surface area contributed by atoms with Crippen molar-refractivity contribution in [3.63, 3.8) is 0 Å². The molecule has 3 N–H and O–H groups in total. The third kappa shape index (κ3) is 7.17. The highest BCUT2D eigenvalue weighted by Gasteiger charge is 2.24. The van der Waals surface area contributed by atoms with Gasteiger partial charge in [0.05, 0.1) is 0 Å². The van der Waals surface area contributed by atoms with Gasteiger partial charge in [0.15, 0.2) is 5.96 Å². The van der Waals surface area contributed by atoms with Crippen molar-refractivity contribution < 1.29 is 14.3 Å². The van der Waals surface area contributed by atoms with Gasteiger partial charge in [0, 0.05) is 44.6 Å². The molecule has 7 nitrogen and oxygen atoms in total. The van der Waals surface area contributed by atoms with Crippen LogP contribution in [0.1, 0.15) is 56.4 Å². The number of guanidine groups is 1. The Morgan fingerprint density at radius 3 is 2.76 bits per heavy atom. The Morgan fingerprint density at radius 1 is 1.24 bits per heavy atom. The van der Waals surface area contributed by atoms with Crippen molar-refractivity contribution >= 4 is 47.5 Å². The molecule has 1 aromatic rings. The van der Waals surface area contributed by atoms with Crippen LogP contribution < -0.4 is 16.0 Å². The van der Waals surface area contributed by atoms with Crippen molar-refractivity contribution in [3.8, 4) is 0 Å². The molecule has 0 spiro atoms. The van der Waals surface area contributed by atoms with Crippen LogP contribution in [0.3, 0.4) is 0 Å². The monoisotopic (exact) mass is 514 g/mol. The Morgan fingerprint density at radius 2 is 2.00 bits per heavy atom. The maximum atomic E-state index is 11.9. The molecule has 0 radical (unpaired) electrons. The molecule has 1 saturated carbocycles. The summed E-state index contributed by atoms with van der Waals surface area (Å²) < 4.78 is 5.46. The van der Waals surface area contributed by atoms with Crippen LogP contribution in [0.4, 0.5) is 5.69 Å². The van der Waals surface area contributed by atoms with Crippen LogP contribution in [-0.4, -0.2) is 44.1 Å². The van der Waals surface area contributed by atoms with Crippen molar-refractivity contribution in [2.24, 2.45) is 4.99 Å². The molecular weight excluding hydrogens is 483 g/mol. The Hall–Kier alpha value is -1.84. The number of ether oxygens (including phenoxy) is 1. The predicted molar refractivity (Wildman–Crippen MR) is 125 cm³/mol. The summed E-state index contributed by atoms with van der Waals surface area (Å²) >= 11 is 0. The van der Waals surface area contributed by atoms with Crippen molar-refractivity contribution in [2.45, 2.75) is 57.0 Å². The zero-order valence-corrected chi connectivity index (χ0v) is 19.2. The van der Waals surface area contributed by atoms with E-state index in [2.05, 4.69) is 20.9 Å². The largest absolute Gasteiger partial charge is 0.462 e. The van der Waals surface area contributed by atoms with Crippen molar-refractivity contribution in [3.05, 3.63) is 29.8 Å². The maximum Gasteiger partial charge on any atom is 0.306 e. The van der Waals surface area contributed by atoms with Gasteiger partial charge in [0.1, 0.15) is 6.10 Å². The second-order valence-corrected chi connectivity index (χ2v) is 7.42. The number of para-hydroxylation sites is 1. The summed E-state index contributed by atoms with van der Waals surface area (Å²) in [6.45, 7) is 1.26. The number of hydrogen-bond acceptors (Lipinski definition) is 4. The molecule has 1 heterocycles. The van der Waals surface area contributed by atoms with E-state index in [1.807, 2.05) is 24.3 Å². The lowest BCUT2D eigenvalue weighted by molar-refractivity contribution is -0.148. The summed E-state index contributed by atoms with van der Waals surface area (Å²) in [6.07, 6.45) is 6.02. The fraction of sp³-hybridized carbons (Fsp3) is 0.571. The van der Waals surface area contributed by atoms with Crippen LogP contribution in [0.15, 0.2) is 29.3 Å². The minimum atomic E-state index is -0.110. The number of fused-ring (bicyclic) bond motifs is 1. The number of hydrogen-bond donors (Lipinski definition) is 3. The van der Waals surface area contributed by atoms with Gasteiger partial charge < -0.3 is 20.7 Å². The highest BCUT2D eigenvalue weighted by Crippen LogP contribution is 2.31. The average Bonchev–Trinajstić information content (AvgIpc) is 3.20. The molecule has 1 unspecified atom stereocenters. The van der Waals surface area contributed by atoms with Crippen LogP contribution in [0.5, 0.6) is 0 Å². The van der Waals surface area contributed by atoms with E-state index in [9.17, 15) is 9.59 Å². The first kappa shape index (κ1) is 23.4. The SMILES string of the molecule is CN=C(NCCCC(=O)OC1CCCC1)NCC1CC(=O)Nc2ccccc21.I. The van der Waals surface area contributed by atoms with Gasteiger partial charge in [-0.3, -0.25) is 14.6 Å². The van der Waals surface area contributed by atoms with E-state index in [4.69, 9.17) is 4.74 Å². The molecule has 1 atom stereocenters. The quantitative estimate of drug-likeness (QED) is 0.171. The van der Waals surface area contributed by atoms with Crippen LogP contribution in [0.2, 0.25) is 0 Å². The fourth-order valence-electron chi connectivity index (χ4n) is 3.81. The van der Waals surface area contributed by atoms with Gasteiger partial charge in [-0.25, -0.2) is 0 Å². The van der Waals surface area contributed by atoms with E-state index >= 15 is 0 Å². The summed E-state index contributed by atoms with van der Waals surface area (Å²) in [6, 6.07) is 7.89. The van der Waals surface area contributed by atoms with Crippen molar-refractivity contribution in [1.29, 1.82) is 0 Å². The molecule has 1 fully saturated rings. The van der Waals surface area contributed by atoms with Gasteiger partial charge in [0.2, 0.25) is 5.91 Å². The normalized spacial score (nSPS) is 19.0. The van der Waals surface area contributed by atoms with Gasteiger partial charge in [-0.2, -0.15) is 0 Å². The first-order valence-corrected chi connectivity index (χ1v) is 10.2. The summed E-state index contributed by atoms with van der Waals surface area (Å²) in [5.41, 5.74) is 2.02. The number of carbonyl (C=O) groups is 2. The first-order chi connectivity index (χ1) is 13.7. The summed E-state index contributed by atoms with van der Waals surface area (Å²) in [5, 5.41) is 9.43. The number of rotatable bonds is 7. The number of carbonyl (C=O) groups excluding carboxylic acids is 2. The molecule has 3 rings (SSSR count). The number of nitrogens with zero attached hydrogens (tertiary/aromatic N) is 1. The second-order valence-electron chi connectivity index (χ2n) is 7.42. The number of benzene rings is 1. The number of nitrogens with one attached hydrogen (secondary N) is 3. The van der Waals surface area contributed by atoms with Crippen LogP contribution in [0.25, 0.3) is 0 Å². The molecule has 1 aliphatic carbocycles. The summed E-state index contributed by atoms with van der Waals surface area (Å²) in [7, 11) is 1.71. The lowest BCUT2D eigenvalue weighted by Crippen LogP contribution is -2.41. The van der Waals surface area contributed by atoms with Crippen LogP contribution >= 0.6 is 24.0 Å². The number of anilines is 1. The van der Waals surface area contributed by atoms with E-state index in [1.165, 1.54) is 0 Å². The predicted octanol–water partition coefficient (Wildman–Crippen LogP) is 3.16. The van der Waals surface area contributed by atoms with Gasteiger partial charge in [-0.05, 0) is 43.7 Å². The Bertz CT molecular complexity index is 720. The molecule has 1 amide bonds. The Labute approximate surface area is 189 Å². The maximum absolute atomic E-state index is 11.9. The van der Waals surface area contributed by atoms with Gasteiger partial charge in [-0.15, -0.1) is 24.0 Å². The molecular formula is C21H31IN4O3. The number of halogens is 1. The molecule has 1 aliphatic heterocycles. The summed E-state index contributed by atoms with van der Waals surface area (Å²) in [4.78, 5) is 28.0. The fourth-order valence-corrected chi connectivity index (χ4v) is 3.81. The third-order valence-electron chi connectivity index (χ3n) is 5.30. The standard InChI is InChI=1S/C21H30N4O3.HI/c1-22-21(23-12-6-11-20(27)28-16-7-2-3-8-16)24-14-15-13-19(26)25-18-10-5-4-9-17(15)18;/h4-5,9-10,15-16H,2-3,6-8,11-14H2,1H3,(H,25,26)(H2,22,23,24);1H. The molecule has 0 aromatic heterocycles. The minimum Gasteiger partial charge on any atom is -0.462 e. The van der Waals surface area contributed by atoms with E-state index < -0.39 is 0 Å². The van der Waals surface area contributed by atoms with E-state index in [0.717, 1.165) is 36.9 Å². The molecule has 2 aliphatic rings. The lowest BCUT2D eigenvalue weighted by Gasteiger charge is -2.26. The topological polar surface area (TPSA) is 91.8 Å². The smallest absolute Gasteiger partial charge is 0.306 e. The van der Waals surface area contributed by atoms with Crippen molar-refractivity contribution in [2.75, 3.05) is 25.5 Å². The highest BCUT2D eigenvalue weighted by atomic mass is 127.